The molecule has 0 radical (unpaired) electrons. The van der Waals surface area contributed by atoms with Gasteiger partial charge >= 0.3 is 0 Å². The Morgan fingerprint density at radius 3 is 2.42 bits per heavy atom. The number of benzene rings is 1. The zero-order valence-electron chi connectivity index (χ0n) is 10.4. The van der Waals surface area contributed by atoms with Gasteiger partial charge in [0, 0.05) is 17.1 Å². The standard InChI is InChI=1S/C11H13BrN2O4S/c1-7-4-10(14(15)16)11(5-8(7)2)19(17,18)13-6-9(3)12/h4-5,13H,3,6H2,1-2H3. The van der Waals surface area contributed by atoms with Crippen LogP contribution in [0.25, 0.3) is 0 Å². The molecule has 1 N–H and O–H groups in total. The average Bonchev–Trinajstić information content (AvgIpc) is 2.29. The number of nitro benzene ring substituents is 1. The van der Waals surface area contributed by atoms with Crippen molar-refractivity contribution in [2.45, 2.75) is 18.7 Å². The Bertz CT molecular complexity index is 640. The molecule has 0 aromatic heterocycles. The van der Waals surface area contributed by atoms with E-state index in [1.165, 1.54) is 12.1 Å². The predicted octanol–water partition coefficient (Wildman–Crippen LogP) is 2.40. The number of rotatable bonds is 5. The summed E-state index contributed by atoms with van der Waals surface area (Å²) in [5, 5.41) is 11.0. The van der Waals surface area contributed by atoms with Gasteiger partial charge in [0.15, 0.2) is 4.90 Å². The molecule has 0 aliphatic carbocycles. The normalized spacial score (nSPS) is 11.3. The summed E-state index contributed by atoms with van der Waals surface area (Å²) in [4.78, 5) is 9.91. The summed E-state index contributed by atoms with van der Waals surface area (Å²) < 4.78 is 26.8. The minimum Gasteiger partial charge on any atom is -0.258 e. The Hall–Kier alpha value is -1.25. The fraction of sp³-hybridized carbons (Fsp3) is 0.273. The summed E-state index contributed by atoms with van der Waals surface area (Å²) in [7, 11) is -3.95. The molecular weight excluding hydrogens is 336 g/mol. The Morgan fingerprint density at radius 2 is 1.95 bits per heavy atom. The van der Waals surface area contributed by atoms with E-state index < -0.39 is 20.6 Å². The van der Waals surface area contributed by atoms with Gasteiger partial charge in [0.05, 0.1) is 4.92 Å². The summed E-state index contributed by atoms with van der Waals surface area (Å²) in [6.45, 7) is 6.84. The number of nitrogens with zero attached hydrogens (tertiary/aromatic N) is 1. The van der Waals surface area contributed by atoms with Gasteiger partial charge in [-0.3, -0.25) is 10.1 Å². The molecule has 0 aliphatic heterocycles. The second-order valence-electron chi connectivity index (χ2n) is 4.00. The van der Waals surface area contributed by atoms with E-state index in [2.05, 4.69) is 27.2 Å². The van der Waals surface area contributed by atoms with E-state index in [-0.39, 0.29) is 11.4 Å². The van der Waals surface area contributed by atoms with Gasteiger partial charge in [-0.25, -0.2) is 13.1 Å². The quantitative estimate of drug-likeness (QED) is 0.653. The van der Waals surface area contributed by atoms with Crippen molar-refractivity contribution in [2.24, 2.45) is 0 Å². The van der Waals surface area contributed by atoms with Crippen molar-refractivity contribution >= 4 is 31.6 Å². The predicted molar refractivity (Wildman–Crippen MR) is 75.8 cm³/mol. The second kappa shape index (κ2) is 5.81. The average molecular weight is 349 g/mol. The van der Waals surface area contributed by atoms with Gasteiger partial charge in [0.2, 0.25) is 10.0 Å². The van der Waals surface area contributed by atoms with E-state index in [4.69, 9.17) is 0 Å². The first-order valence-electron chi connectivity index (χ1n) is 5.23. The molecule has 0 heterocycles. The van der Waals surface area contributed by atoms with Crippen molar-refractivity contribution in [3.8, 4) is 0 Å². The summed E-state index contributed by atoms with van der Waals surface area (Å²) >= 11 is 3.02. The first-order valence-corrected chi connectivity index (χ1v) is 7.51. The lowest BCUT2D eigenvalue weighted by Crippen LogP contribution is -2.25. The van der Waals surface area contributed by atoms with Crippen LogP contribution < -0.4 is 4.72 Å². The molecule has 0 saturated carbocycles. The Balaban J connectivity index is 3.36. The zero-order valence-corrected chi connectivity index (χ0v) is 12.8. The summed E-state index contributed by atoms with van der Waals surface area (Å²) in [5.74, 6) is 0. The van der Waals surface area contributed by atoms with Gasteiger partial charge in [0.1, 0.15) is 0 Å². The molecule has 0 atom stereocenters. The maximum atomic E-state index is 12.0. The van der Waals surface area contributed by atoms with E-state index in [1.54, 1.807) is 13.8 Å². The third-order valence-electron chi connectivity index (χ3n) is 2.52. The van der Waals surface area contributed by atoms with Gasteiger partial charge in [-0.15, -0.1) is 0 Å². The van der Waals surface area contributed by atoms with Crippen molar-refractivity contribution in [1.82, 2.24) is 4.72 Å². The number of halogens is 1. The maximum Gasteiger partial charge on any atom is 0.289 e. The third-order valence-corrected chi connectivity index (χ3v) is 4.23. The van der Waals surface area contributed by atoms with Gasteiger partial charge in [-0.1, -0.05) is 22.5 Å². The molecule has 0 spiro atoms. The van der Waals surface area contributed by atoms with Crippen LogP contribution in [0.5, 0.6) is 0 Å². The molecule has 0 bridgehead atoms. The number of nitrogens with one attached hydrogen (secondary N) is 1. The van der Waals surface area contributed by atoms with Crippen LogP contribution in [0, 0.1) is 24.0 Å². The highest BCUT2D eigenvalue weighted by molar-refractivity contribution is 9.11. The van der Waals surface area contributed by atoms with Crippen LogP contribution in [0.1, 0.15) is 11.1 Å². The smallest absolute Gasteiger partial charge is 0.258 e. The minimum atomic E-state index is -3.95. The second-order valence-corrected chi connectivity index (χ2v) is 6.86. The van der Waals surface area contributed by atoms with Crippen LogP contribution in [-0.4, -0.2) is 19.9 Å². The molecule has 1 rings (SSSR count). The molecule has 0 unspecified atom stereocenters. The van der Waals surface area contributed by atoms with Gasteiger partial charge < -0.3 is 0 Å². The minimum absolute atomic E-state index is 0.0353. The molecule has 1 aromatic rings. The zero-order chi connectivity index (χ0) is 14.8. The van der Waals surface area contributed by atoms with Crippen LogP contribution in [-0.2, 0) is 10.0 Å². The van der Waals surface area contributed by atoms with Crippen LogP contribution in [0.3, 0.4) is 0 Å². The number of sulfonamides is 1. The van der Waals surface area contributed by atoms with Crippen molar-refractivity contribution in [3.05, 3.63) is 44.4 Å². The first kappa shape index (κ1) is 15.8. The number of nitro groups is 1. The van der Waals surface area contributed by atoms with Crippen LogP contribution in [0.4, 0.5) is 5.69 Å². The van der Waals surface area contributed by atoms with Crippen molar-refractivity contribution in [3.63, 3.8) is 0 Å². The van der Waals surface area contributed by atoms with Gasteiger partial charge in [-0.2, -0.15) is 0 Å². The summed E-state index contributed by atoms with van der Waals surface area (Å²) in [5.41, 5.74) is 0.898. The van der Waals surface area contributed by atoms with E-state index in [1.807, 2.05) is 0 Å². The number of hydrogen-bond acceptors (Lipinski definition) is 4. The molecule has 0 amide bonds. The fourth-order valence-corrected chi connectivity index (χ4v) is 2.97. The SMILES string of the molecule is C=C(Br)CNS(=O)(=O)c1cc(C)c(C)cc1[N+](=O)[O-]. The lowest BCUT2D eigenvalue weighted by Gasteiger charge is -2.09. The highest BCUT2D eigenvalue weighted by Crippen LogP contribution is 2.27. The Morgan fingerprint density at radius 1 is 1.42 bits per heavy atom. The molecule has 104 valence electrons. The molecule has 1 aromatic carbocycles. The maximum absolute atomic E-state index is 12.0. The summed E-state index contributed by atoms with van der Waals surface area (Å²) in [6, 6.07) is 2.56. The van der Waals surface area contributed by atoms with E-state index in [0.717, 1.165) is 0 Å². The lowest BCUT2D eigenvalue weighted by atomic mass is 10.1. The first-order chi connectivity index (χ1) is 8.65. The molecule has 8 heteroatoms. The molecule has 0 saturated heterocycles. The van der Waals surface area contributed by atoms with Gasteiger partial charge in [-0.05, 0) is 31.0 Å². The molecule has 19 heavy (non-hydrogen) atoms. The van der Waals surface area contributed by atoms with Crippen LogP contribution in [0.2, 0.25) is 0 Å². The fourth-order valence-electron chi connectivity index (χ4n) is 1.38. The summed E-state index contributed by atoms with van der Waals surface area (Å²) in [6.07, 6.45) is 0. The van der Waals surface area contributed by atoms with Crippen LogP contribution >= 0.6 is 15.9 Å². The molecule has 0 aliphatic rings. The van der Waals surface area contributed by atoms with Crippen molar-refractivity contribution in [1.29, 1.82) is 0 Å². The number of aryl methyl sites for hydroxylation is 2. The molecule has 0 fully saturated rings. The van der Waals surface area contributed by atoms with E-state index >= 15 is 0 Å². The van der Waals surface area contributed by atoms with E-state index in [0.29, 0.717) is 15.6 Å². The molecular formula is C11H13BrN2O4S. The largest absolute Gasteiger partial charge is 0.289 e. The highest BCUT2D eigenvalue weighted by Gasteiger charge is 2.26. The van der Waals surface area contributed by atoms with E-state index in [9.17, 15) is 18.5 Å². The van der Waals surface area contributed by atoms with Crippen LogP contribution in [0.15, 0.2) is 28.1 Å². The lowest BCUT2D eigenvalue weighted by molar-refractivity contribution is -0.387. The molecule has 6 nitrogen and oxygen atoms in total. The monoisotopic (exact) mass is 348 g/mol. The van der Waals surface area contributed by atoms with Crippen molar-refractivity contribution < 1.29 is 13.3 Å². The van der Waals surface area contributed by atoms with Crippen molar-refractivity contribution in [2.75, 3.05) is 6.54 Å². The number of hydrogen-bond donors (Lipinski definition) is 1. The topological polar surface area (TPSA) is 89.3 Å². The van der Waals surface area contributed by atoms with Gasteiger partial charge in [0.25, 0.3) is 5.69 Å². The third kappa shape index (κ3) is 3.85. The Kier molecular flexibility index (Phi) is 4.83. The highest BCUT2D eigenvalue weighted by atomic mass is 79.9. The Labute approximate surface area is 119 Å².